The third-order valence-electron chi connectivity index (χ3n) is 6.12. The van der Waals surface area contributed by atoms with Crippen molar-refractivity contribution < 1.29 is 9.47 Å². The first-order chi connectivity index (χ1) is 14.8. The van der Waals surface area contributed by atoms with Gasteiger partial charge < -0.3 is 14.4 Å². The van der Waals surface area contributed by atoms with Crippen molar-refractivity contribution in [3.05, 3.63) is 41.0 Å². The summed E-state index contributed by atoms with van der Waals surface area (Å²) < 4.78 is 11.2. The zero-order valence-electron chi connectivity index (χ0n) is 17.5. The fourth-order valence-electron chi connectivity index (χ4n) is 4.48. The van der Waals surface area contributed by atoms with Crippen molar-refractivity contribution in [1.82, 2.24) is 14.9 Å². The number of hydrogen-bond donors (Lipinski definition) is 0. The van der Waals surface area contributed by atoms with Gasteiger partial charge in [0.25, 0.3) is 0 Å². The number of fused-ring (bicyclic) bond motifs is 3. The van der Waals surface area contributed by atoms with Gasteiger partial charge in [0.05, 0.1) is 12.5 Å². The molecule has 0 saturated carbocycles. The van der Waals surface area contributed by atoms with E-state index in [2.05, 4.69) is 14.8 Å². The number of thiophene rings is 1. The summed E-state index contributed by atoms with van der Waals surface area (Å²) in [4.78, 5) is 16.9. The SMILES string of the molecule is COc1cccc(OCCN2CCN(c3ncnc4sc5c(c34)CCCC5)CC2)c1. The molecule has 1 aliphatic heterocycles. The molecule has 0 unspecified atom stereocenters. The van der Waals surface area contributed by atoms with Crippen LogP contribution in [0, 0.1) is 0 Å². The van der Waals surface area contributed by atoms with Crippen LogP contribution in [-0.4, -0.2) is 61.3 Å². The molecule has 0 N–H and O–H groups in total. The Balaban J connectivity index is 1.20. The molecule has 6 nitrogen and oxygen atoms in total. The van der Waals surface area contributed by atoms with Crippen LogP contribution in [-0.2, 0) is 12.8 Å². The molecule has 1 saturated heterocycles. The van der Waals surface area contributed by atoms with Crippen LogP contribution in [0.3, 0.4) is 0 Å². The highest BCUT2D eigenvalue weighted by molar-refractivity contribution is 7.19. The standard InChI is InChI=1S/C23H28N4O2S/c1-28-17-5-4-6-18(15-17)29-14-13-26-9-11-27(12-10-26)22-21-19-7-2-3-8-20(19)30-23(21)25-16-24-22/h4-6,15-16H,2-3,7-14H2,1H3. The van der Waals surface area contributed by atoms with E-state index in [1.807, 2.05) is 35.6 Å². The van der Waals surface area contributed by atoms with E-state index in [0.717, 1.165) is 50.0 Å². The molecule has 0 atom stereocenters. The van der Waals surface area contributed by atoms with Gasteiger partial charge in [-0.2, -0.15) is 0 Å². The molecular formula is C23H28N4O2S. The van der Waals surface area contributed by atoms with E-state index in [9.17, 15) is 0 Å². The Bertz CT molecular complexity index is 1010. The van der Waals surface area contributed by atoms with E-state index in [4.69, 9.17) is 14.5 Å². The normalized spacial score (nSPS) is 17.2. The molecule has 3 aromatic rings. The summed E-state index contributed by atoms with van der Waals surface area (Å²) >= 11 is 1.88. The molecule has 5 rings (SSSR count). The predicted octanol–water partition coefficient (Wildman–Crippen LogP) is 3.78. The number of nitrogens with zero attached hydrogens (tertiary/aromatic N) is 4. The molecule has 3 heterocycles. The number of piperazine rings is 1. The number of aromatic nitrogens is 2. The van der Waals surface area contributed by atoms with Crippen LogP contribution in [0.5, 0.6) is 11.5 Å². The van der Waals surface area contributed by atoms with Gasteiger partial charge in [0, 0.05) is 43.7 Å². The summed E-state index contributed by atoms with van der Waals surface area (Å²) in [5.41, 5.74) is 1.52. The summed E-state index contributed by atoms with van der Waals surface area (Å²) in [5, 5.41) is 1.33. The monoisotopic (exact) mass is 424 g/mol. The highest BCUT2D eigenvalue weighted by atomic mass is 32.1. The third kappa shape index (κ3) is 3.96. The zero-order valence-corrected chi connectivity index (χ0v) is 18.3. The Morgan fingerprint density at radius 3 is 2.73 bits per heavy atom. The van der Waals surface area contributed by atoms with Crippen LogP contribution in [0.4, 0.5) is 5.82 Å². The van der Waals surface area contributed by atoms with Gasteiger partial charge in [0.15, 0.2) is 0 Å². The number of hydrogen-bond acceptors (Lipinski definition) is 7. The molecule has 158 valence electrons. The molecular weight excluding hydrogens is 396 g/mol. The number of anilines is 1. The lowest BCUT2D eigenvalue weighted by atomic mass is 9.97. The van der Waals surface area contributed by atoms with E-state index < -0.39 is 0 Å². The van der Waals surface area contributed by atoms with E-state index in [1.165, 1.54) is 46.3 Å². The number of methoxy groups -OCH3 is 1. The smallest absolute Gasteiger partial charge is 0.141 e. The Morgan fingerprint density at radius 1 is 1.03 bits per heavy atom. The summed E-state index contributed by atoms with van der Waals surface area (Å²) in [5.74, 6) is 2.83. The average molecular weight is 425 g/mol. The van der Waals surface area contributed by atoms with E-state index >= 15 is 0 Å². The first kappa shape index (κ1) is 19.6. The molecule has 0 amide bonds. The van der Waals surface area contributed by atoms with Gasteiger partial charge in [-0.3, -0.25) is 4.90 Å². The summed E-state index contributed by atoms with van der Waals surface area (Å²) in [6, 6.07) is 7.79. The minimum absolute atomic E-state index is 0.683. The molecule has 30 heavy (non-hydrogen) atoms. The Kier molecular flexibility index (Phi) is 5.73. The summed E-state index contributed by atoms with van der Waals surface area (Å²) in [6.07, 6.45) is 6.72. The van der Waals surface area contributed by atoms with E-state index in [0.29, 0.717) is 6.61 Å². The maximum Gasteiger partial charge on any atom is 0.141 e. The summed E-state index contributed by atoms with van der Waals surface area (Å²) in [6.45, 7) is 5.66. The molecule has 2 aliphatic rings. The fraction of sp³-hybridized carbons (Fsp3) is 0.478. The van der Waals surface area contributed by atoms with E-state index in [-0.39, 0.29) is 0 Å². The van der Waals surface area contributed by atoms with Crippen molar-refractivity contribution in [1.29, 1.82) is 0 Å². The van der Waals surface area contributed by atoms with Crippen molar-refractivity contribution in [3.63, 3.8) is 0 Å². The quantitative estimate of drug-likeness (QED) is 0.600. The molecule has 0 radical (unpaired) electrons. The summed E-state index contributed by atoms with van der Waals surface area (Å²) in [7, 11) is 1.68. The third-order valence-corrected chi connectivity index (χ3v) is 7.32. The lowest BCUT2D eigenvalue weighted by Gasteiger charge is -2.35. The van der Waals surface area contributed by atoms with Crippen LogP contribution in [0.25, 0.3) is 10.2 Å². The van der Waals surface area contributed by atoms with Gasteiger partial charge >= 0.3 is 0 Å². The molecule has 1 aromatic carbocycles. The second-order valence-electron chi connectivity index (χ2n) is 7.94. The zero-order chi connectivity index (χ0) is 20.3. The van der Waals surface area contributed by atoms with Gasteiger partial charge in [-0.1, -0.05) is 6.07 Å². The predicted molar refractivity (Wildman–Crippen MR) is 121 cm³/mol. The van der Waals surface area contributed by atoms with Crippen molar-refractivity contribution in [2.75, 3.05) is 51.3 Å². The highest BCUT2D eigenvalue weighted by Crippen LogP contribution is 2.39. The first-order valence-corrected chi connectivity index (χ1v) is 11.6. The van der Waals surface area contributed by atoms with Gasteiger partial charge in [0.2, 0.25) is 0 Å². The average Bonchev–Trinajstić information content (AvgIpc) is 3.19. The second-order valence-corrected chi connectivity index (χ2v) is 9.03. The minimum atomic E-state index is 0.683. The van der Waals surface area contributed by atoms with Crippen molar-refractivity contribution in [2.45, 2.75) is 25.7 Å². The first-order valence-electron chi connectivity index (χ1n) is 10.8. The van der Waals surface area contributed by atoms with Crippen molar-refractivity contribution in [3.8, 4) is 11.5 Å². The van der Waals surface area contributed by atoms with Crippen LogP contribution in [0.15, 0.2) is 30.6 Å². The second kappa shape index (κ2) is 8.78. The van der Waals surface area contributed by atoms with Crippen LogP contribution < -0.4 is 14.4 Å². The molecule has 7 heteroatoms. The van der Waals surface area contributed by atoms with Crippen LogP contribution in [0.2, 0.25) is 0 Å². The van der Waals surface area contributed by atoms with Gasteiger partial charge in [0.1, 0.15) is 35.1 Å². The number of aryl methyl sites for hydroxylation is 2. The molecule has 1 fully saturated rings. The lowest BCUT2D eigenvalue weighted by molar-refractivity contribution is 0.200. The maximum atomic E-state index is 5.92. The number of ether oxygens (including phenoxy) is 2. The Morgan fingerprint density at radius 2 is 1.87 bits per heavy atom. The molecule has 0 bridgehead atoms. The molecule has 0 spiro atoms. The lowest BCUT2D eigenvalue weighted by Crippen LogP contribution is -2.47. The van der Waals surface area contributed by atoms with Gasteiger partial charge in [-0.25, -0.2) is 9.97 Å². The van der Waals surface area contributed by atoms with E-state index in [1.54, 1.807) is 13.4 Å². The minimum Gasteiger partial charge on any atom is -0.497 e. The fourth-order valence-corrected chi connectivity index (χ4v) is 5.70. The highest BCUT2D eigenvalue weighted by Gasteiger charge is 2.24. The Hall–Kier alpha value is -2.38. The number of rotatable bonds is 6. The van der Waals surface area contributed by atoms with Gasteiger partial charge in [-0.15, -0.1) is 11.3 Å². The maximum absolute atomic E-state index is 5.92. The Labute approximate surface area is 181 Å². The van der Waals surface area contributed by atoms with Crippen molar-refractivity contribution >= 4 is 27.4 Å². The molecule has 2 aromatic heterocycles. The topological polar surface area (TPSA) is 50.7 Å². The molecule has 1 aliphatic carbocycles. The van der Waals surface area contributed by atoms with Gasteiger partial charge in [-0.05, 0) is 43.4 Å². The number of benzene rings is 1. The van der Waals surface area contributed by atoms with Crippen molar-refractivity contribution in [2.24, 2.45) is 0 Å². The van der Waals surface area contributed by atoms with Crippen LogP contribution >= 0.6 is 11.3 Å². The van der Waals surface area contributed by atoms with Crippen LogP contribution in [0.1, 0.15) is 23.3 Å². The largest absolute Gasteiger partial charge is 0.497 e.